The van der Waals surface area contributed by atoms with Crippen LogP contribution in [0.3, 0.4) is 0 Å². The van der Waals surface area contributed by atoms with E-state index in [4.69, 9.17) is 9.57 Å². The van der Waals surface area contributed by atoms with Crippen molar-refractivity contribution in [2.45, 2.75) is 13.2 Å². The second kappa shape index (κ2) is 10.5. The number of hydrogen-bond donors (Lipinski definition) is 0. The number of non-ortho nitro benzene ring substituents is 1. The van der Waals surface area contributed by atoms with Crippen molar-refractivity contribution in [3.8, 4) is 5.75 Å². The molecule has 29 heavy (non-hydrogen) atoms. The molecular weight excluding hydrogens is 598 g/mol. The molecule has 3 aromatic carbocycles. The standard InChI is InChI=1S/C21H16I2N2O4/c22-19-10-17(11-20(23)21(19)28-13-15-5-2-1-3-6-15)12-24-29-14-16-7-4-8-18(9-16)25(26)27/h1-12H,13-14H2/b24-12-. The van der Waals surface area contributed by atoms with Gasteiger partial charge in [-0.3, -0.25) is 10.1 Å². The van der Waals surface area contributed by atoms with Crippen LogP contribution in [0, 0.1) is 17.3 Å². The van der Waals surface area contributed by atoms with Gasteiger partial charge in [0.1, 0.15) is 19.0 Å². The molecule has 8 heteroatoms. The van der Waals surface area contributed by atoms with Gasteiger partial charge in [0.2, 0.25) is 0 Å². The summed E-state index contributed by atoms with van der Waals surface area (Å²) in [6.45, 7) is 0.664. The molecule has 148 valence electrons. The summed E-state index contributed by atoms with van der Waals surface area (Å²) in [4.78, 5) is 15.7. The fourth-order valence-electron chi connectivity index (χ4n) is 2.49. The number of nitro groups is 1. The molecule has 0 aliphatic rings. The van der Waals surface area contributed by atoms with Crippen molar-refractivity contribution in [1.82, 2.24) is 0 Å². The molecule has 0 radical (unpaired) electrons. The lowest BCUT2D eigenvalue weighted by Gasteiger charge is -2.11. The molecule has 0 aliphatic heterocycles. The summed E-state index contributed by atoms with van der Waals surface area (Å²) in [6, 6.07) is 20.2. The van der Waals surface area contributed by atoms with E-state index in [2.05, 4.69) is 50.3 Å². The van der Waals surface area contributed by atoms with Crippen molar-refractivity contribution in [1.29, 1.82) is 0 Å². The number of nitrogens with zero attached hydrogens (tertiary/aromatic N) is 2. The van der Waals surface area contributed by atoms with Gasteiger partial charge >= 0.3 is 0 Å². The van der Waals surface area contributed by atoms with Gasteiger partial charge in [0.25, 0.3) is 5.69 Å². The average molecular weight is 614 g/mol. The summed E-state index contributed by atoms with van der Waals surface area (Å²) in [5, 5.41) is 14.8. The van der Waals surface area contributed by atoms with Crippen LogP contribution in [-0.4, -0.2) is 11.1 Å². The highest BCUT2D eigenvalue weighted by molar-refractivity contribution is 14.1. The first-order valence-electron chi connectivity index (χ1n) is 8.57. The third kappa shape index (κ3) is 6.39. The van der Waals surface area contributed by atoms with Crippen molar-refractivity contribution in [3.63, 3.8) is 0 Å². The van der Waals surface area contributed by atoms with Crippen LogP contribution in [-0.2, 0) is 18.1 Å². The van der Waals surface area contributed by atoms with Gasteiger partial charge < -0.3 is 9.57 Å². The molecule has 0 aliphatic carbocycles. The zero-order valence-electron chi connectivity index (χ0n) is 15.1. The summed E-state index contributed by atoms with van der Waals surface area (Å²) in [5.74, 6) is 0.838. The third-order valence-electron chi connectivity index (χ3n) is 3.88. The molecule has 0 fully saturated rings. The maximum absolute atomic E-state index is 10.8. The molecule has 3 aromatic rings. The summed E-state index contributed by atoms with van der Waals surface area (Å²) < 4.78 is 7.93. The van der Waals surface area contributed by atoms with Crippen LogP contribution >= 0.6 is 45.2 Å². The smallest absolute Gasteiger partial charge is 0.269 e. The van der Waals surface area contributed by atoms with Crippen LogP contribution in [0.2, 0.25) is 0 Å². The Labute approximate surface area is 195 Å². The molecule has 3 rings (SSSR count). The predicted molar refractivity (Wildman–Crippen MR) is 128 cm³/mol. The number of halogens is 2. The van der Waals surface area contributed by atoms with Crippen LogP contribution in [0.1, 0.15) is 16.7 Å². The highest BCUT2D eigenvalue weighted by atomic mass is 127. The van der Waals surface area contributed by atoms with Crippen LogP contribution < -0.4 is 4.74 Å². The fraction of sp³-hybridized carbons (Fsp3) is 0.0952. The Hall–Kier alpha value is -2.21. The van der Waals surface area contributed by atoms with Crippen LogP contribution in [0.4, 0.5) is 5.69 Å². The lowest BCUT2D eigenvalue weighted by Crippen LogP contribution is -2.00. The van der Waals surface area contributed by atoms with E-state index in [9.17, 15) is 10.1 Å². The second-order valence-corrected chi connectivity index (χ2v) is 8.35. The molecule has 6 nitrogen and oxygen atoms in total. The lowest BCUT2D eigenvalue weighted by atomic mass is 10.2. The normalized spacial score (nSPS) is 10.8. The van der Waals surface area contributed by atoms with Crippen molar-refractivity contribution >= 4 is 57.1 Å². The van der Waals surface area contributed by atoms with Crippen molar-refractivity contribution in [2.75, 3.05) is 0 Å². The van der Waals surface area contributed by atoms with Crippen molar-refractivity contribution < 1.29 is 14.5 Å². The number of oxime groups is 1. The van der Waals surface area contributed by atoms with Crippen molar-refractivity contribution in [3.05, 3.63) is 101 Å². The number of benzene rings is 3. The molecular formula is C21H16I2N2O4. The topological polar surface area (TPSA) is 74.0 Å². The first-order chi connectivity index (χ1) is 14.0. The maximum atomic E-state index is 10.8. The molecule has 0 aromatic heterocycles. The van der Waals surface area contributed by atoms with Crippen LogP contribution in [0.5, 0.6) is 5.75 Å². The van der Waals surface area contributed by atoms with Gasteiger partial charge in [-0.2, -0.15) is 0 Å². The van der Waals surface area contributed by atoms with E-state index in [1.165, 1.54) is 12.1 Å². The molecule has 0 unspecified atom stereocenters. The summed E-state index contributed by atoms with van der Waals surface area (Å²) in [5.41, 5.74) is 2.71. The van der Waals surface area contributed by atoms with Gasteiger partial charge in [0.15, 0.2) is 0 Å². The van der Waals surface area contributed by atoms with Crippen molar-refractivity contribution in [2.24, 2.45) is 5.16 Å². The van der Waals surface area contributed by atoms with E-state index >= 15 is 0 Å². The zero-order valence-corrected chi connectivity index (χ0v) is 19.4. The van der Waals surface area contributed by atoms with E-state index in [0.29, 0.717) is 12.2 Å². The van der Waals surface area contributed by atoms with Gasteiger partial charge in [-0.1, -0.05) is 47.6 Å². The minimum atomic E-state index is -0.432. The van der Waals surface area contributed by atoms with Gasteiger partial charge in [-0.05, 0) is 74.0 Å². The molecule has 0 heterocycles. The summed E-state index contributed by atoms with van der Waals surface area (Å²) >= 11 is 4.48. The van der Waals surface area contributed by atoms with Crippen LogP contribution in [0.25, 0.3) is 0 Å². The van der Waals surface area contributed by atoms with E-state index in [-0.39, 0.29) is 12.3 Å². The minimum Gasteiger partial charge on any atom is -0.487 e. The lowest BCUT2D eigenvalue weighted by molar-refractivity contribution is -0.384. The number of hydrogen-bond acceptors (Lipinski definition) is 5. The minimum absolute atomic E-state index is 0.0327. The fourth-order valence-corrected chi connectivity index (χ4v) is 4.62. The quantitative estimate of drug-likeness (QED) is 0.137. The largest absolute Gasteiger partial charge is 0.487 e. The molecule has 0 atom stereocenters. The molecule has 0 saturated carbocycles. The molecule has 0 saturated heterocycles. The molecule has 0 bridgehead atoms. The monoisotopic (exact) mass is 614 g/mol. The highest BCUT2D eigenvalue weighted by Gasteiger charge is 2.09. The summed E-state index contributed by atoms with van der Waals surface area (Å²) in [6.07, 6.45) is 1.61. The molecule has 0 spiro atoms. The number of rotatable bonds is 8. The Bertz CT molecular complexity index is 1000. The zero-order chi connectivity index (χ0) is 20.6. The third-order valence-corrected chi connectivity index (χ3v) is 5.48. The second-order valence-electron chi connectivity index (χ2n) is 6.02. The summed E-state index contributed by atoms with van der Waals surface area (Å²) in [7, 11) is 0. The van der Waals surface area contributed by atoms with Gasteiger partial charge in [-0.25, -0.2) is 0 Å². The van der Waals surface area contributed by atoms with Gasteiger partial charge in [0, 0.05) is 12.1 Å². The highest BCUT2D eigenvalue weighted by Crippen LogP contribution is 2.29. The number of ether oxygens (including phenoxy) is 1. The van der Waals surface area contributed by atoms with E-state index in [1.54, 1.807) is 18.3 Å². The molecule has 0 amide bonds. The van der Waals surface area contributed by atoms with Crippen LogP contribution in [0.15, 0.2) is 71.9 Å². The molecule has 0 N–H and O–H groups in total. The first-order valence-corrected chi connectivity index (χ1v) is 10.7. The predicted octanol–water partition coefficient (Wildman–Crippen LogP) is 5.93. The van der Waals surface area contributed by atoms with E-state index in [1.807, 2.05) is 42.5 Å². The van der Waals surface area contributed by atoms with E-state index < -0.39 is 4.92 Å². The SMILES string of the molecule is O=[N+]([O-])c1cccc(CO/N=C\c2cc(I)c(OCc3ccccc3)c(I)c2)c1. The Morgan fingerprint density at radius 2 is 1.62 bits per heavy atom. The number of nitro benzene ring substituents is 1. The first kappa shape index (κ1) is 21.5. The average Bonchev–Trinajstić information content (AvgIpc) is 2.71. The Kier molecular flexibility index (Phi) is 7.81. The maximum Gasteiger partial charge on any atom is 0.269 e. The Balaban J connectivity index is 1.59. The Morgan fingerprint density at radius 1 is 0.931 bits per heavy atom. The van der Waals surface area contributed by atoms with E-state index in [0.717, 1.165) is 24.0 Å². The Morgan fingerprint density at radius 3 is 2.31 bits per heavy atom. The van der Waals surface area contributed by atoms with Gasteiger partial charge in [0.05, 0.1) is 18.3 Å². The van der Waals surface area contributed by atoms with Gasteiger partial charge in [-0.15, -0.1) is 0 Å².